The predicted molar refractivity (Wildman–Crippen MR) is 62.2 cm³/mol. The van der Waals surface area contributed by atoms with Crippen LogP contribution in [0, 0.1) is 11.8 Å². The lowest BCUT2D eigenvalue weighted by atomic mass is 10.2. The van der Waals surface area contributed by atoms with E-state index in [0.29, 0.717) is 13.0 Å². The highest BCUT2D eigenvalue weighted by atomic mass is 16.2. The molecule has 0 bridgehead atoms. The van der Waals surface area contributed by atoms with Crippen LogP contribution in [-0.4, -0.2) is 44.0 Å². The van der Waals surface area contributed by atoms with Crippen LogP contribution in [0.4, 0.5) is 0 Å². The Kier molecular flexibility index (Phi) is 7.69. The molecule has 0 aromatic heterocycles. The number of carbonyl (C=O) groups is 1. The predicted octanol–water partition coefficient (Wildman–Crippen LogP) is -0.205. The normalized spacial score (nSPS) is 11.5. The van der Waals surface area contributed by atoms with Crippen molar-refractivity contribution in [3.05, 3.63) is 0 Å². The first kappa shape index (κ1) is 13.9. The molecule has 0 heterocycles. The number of carbonyl (C=O) groups excluding carboxylic acids is 1. The Balaban J connectivity index is 3.80. The fraction of sp³-hybridized carbons (Fsp3) is 0.727. The van der Waals surface area contributed by atoms with E-state index in [2.05, 4.69) is 17.2 Å². The second-order valence-corrected chi connectivity index (χ2v) is 3.56. The van der Waals surface area contributed by atoms with Crippen LogP contribution in [0.3, 0.4) is 0 Å². The molecule has 1 amide bonds. The molecule has 0 fully saturated rings. The summed E-state index contributed by atoms with van der Waals surface area (Å²) in [5, 5.41) is 3.22. The zero-order valence-corrected chi connectivity index (χ0v) is 9.84. The third-order valence-electron chi connectivity index (χ3n) is 2.06. The van der Waals surface area contributed by atoms with Crippen molar-refractivity contribution in [1.29, 1.82) is 0 Å². The molecule has 0 spiro atoms. The Morgan fingerprint density at radius 2 is 2.20 bits per heavy atom. The van der Waals surface area contributed by atoms with Crippen LogP contribution in [-0.2, 0) is 4.79 Å². The molecule has 0 rings (SSSR count). The summed E-state index contributed by atoms with van der Waals surface area (Å²) in [4.78, 5) is 13.0. The summed E-state index contributed by atoms with van der Waals surface area (Å²) in [6.45, 7) is 3.07. The van der Waals surface area contributed by atoms with E-state index in [1.807, 2.05) is 6.92 Å². The molecule has 1 atom stereocenters. The topological polar surface area (TPSA) is 58.4 Å². The van der Waals surface area contributed by atoms with E-state index in [1.165, 1.54) is 0 Å². The highest BCUT2D eigenvalue weighted by Crippen LogP contribution is 1.94. The molecule has 1 unspecified atom stereocenters. The molecule has 0 aliphatic heterocycles. The number of rotatable bonds is 6. The minimum absolute atomic E-state index is 0.0542. The van der Waals surface area contributed by atoms with E-state index >= 15 is 0 Å². The first-order chi connectivity index (χ1) is 7.11. The molecule has 0 saturated carbocycles. The van der Waals surface area contributed by atoms with Crippen LogP contribution in [0.2, 0.25) is 0 Å². The fourth-order valence-corrected chi connectivity index (χ4v) is 1.10. The summed E-state index contributed by atoms with van der Waals surface area (Å²) < 4.78 is 0. The van der Waals surface area contributed by atoms with Gasteiger partial charge in [-0.1, -0.05) is 0 Å². The second-order valence-electron chi connectivity index (χ2n) is 3.56. The average Bonchev–Trinajstić information content (AvgIpc) is 2.22. The molecule has 86 valence electrons. The molecule has 4 nitrogen and oxygen atoms in total. The fourth-order valence-electron chi connectivity index (χ4n) is 1.10. The molecule has 0 aliphatic carbocycles. The van der Waals surface area contributed by atoms with Gasteiger partial charge in [-0.2, -0.15) is 0 Å². The van der Waals surface area contributed by atoms with E-state index in [9.17, 15) is 4.79 Å². The Bertz CT molecular complexity index is 240. The Hall–Kier alpha value is -1.05. The Morgan fingerprint density at radius 3 is 2.67 bits per heavy atom. The first-order valence-electron chi connectivity index (χ1n) is 5.15. The van der Waals surface area contributed by atoms with Crippen molar-refractivity contribution in [2.24, 2.45) is 5.73 Å². The van der Waals surface area contributed by atoms with E-state index in [0.717, 1.165) is 13.0 Å². The van der Waals surface area contributed by atoms with E-state index in [-0.39, 0.29) is 11.9 Å². The van der Waals surface area contributed by atoms with Gasteiger partial charge in [0.05, 0.1) is 0 Å². The molecule has 0 aromatic carbocycles. The van der Waals surface area contributed by atoms with Crippen molar-refractivity contribution in [3.63, 3.8) is 0 Å². The van der Waals surface area contributed by atoms with Crippen LogP contribution in [0.1, 0.15) is 19.8 Å². The molecule has 0 radical (unpaired) electrons. The number of hydrogen-bond donors (Lipinski definition) is 2. The summed E-state index contributed by atoms with van der Waals surface area (Å²) in [5.74, 6) is 5.87. The molecule has 0 aliphatic rings. The van der Waals surface area contributed by atoms with E-state index in [1.54, 1.807) is 19.0 Å². The number of nitrogens with zero attached hydrogens (tertiary/aromatic N) is 1. The van der Waals surface area contributed by atoms with Crippen molar-refractivity contribution >= 4 is 5.91 Å². The highest BCUT2D eigenvalue weighted by Gasteiger charge is 2.12. The molecular formula is C11H21N3O. The average molecular weight is 211 g/mol. The van der Waals surface area contributed by atoms with Crippen LogP contribution in [0.5, 0.6) is 0 Å². The van der Waals surface area contributed by atoms with Crippen LogP contribution in [0.25, 0.3) is 0 Å². The molecule has 15 heavy (non-hydrogen) atoms. The first-order valence-corrected chi connectivity index (χ1v) is 5.15. The Labute approximate surface area is 92.2 Å². The van der Waals surface area contributed by atoms with Gasteiger partial charge in [-0.25, -0.2) is 0 Å². The van der Waals surface area contributed by atoms with Crippen molar-refractivity contribution < 1.29 is 4.79 Å². The third-order valence-corrected chi connectivity index (χ3v) is 2.06. The maximum absolute atomic E-state index is 11.4. The lowest BCUT2D eigenvalue weighted by Gasteiger charge is -2.18. The molecule has 0 aromatic rings. The van der Waals surface area contributed by atoms with Crippen molar-refractivity contribution in [2.45, 2.75) is 25.8 Å². The molecule has 4 heteroatoms. The zero-order valence-electron chi connectivity index (χ0n) is 9.84. The minimum Gasteiger partial charge on any atom is -0.349 e. The standard InChI is InChI=1S/C11H21N3O/c1-4-5-6-7-13-10(9-12)8-11(15)14(2)3/h10,13H,6-9,12H2,1-3H3. The van der Waals surface area contributed by atoms with Crippen LogP contribution < -0.4 is 11.1 Å². The SMILES string of the molecule is CC#CCCNC(CN)CC(=O)N(C)C. The van der Waals surface area contributed by atoms with Gasteiger partial charge in [-0.3, -0.25) is 4.79 Å². The van der Waals surface area contributed by atoms with E-state index < -0.39 is 0 Å². The summed E-state index contributed by atoms with van der Waals surface area (Å²) in [6.07, 6.45) is 1.24. The number of nitrogens with one attached hydrogen (secondary N) is 1. The van der Waals surface area contributed by atoms with E-state index in [4.69, 9.17) is 5.73 Å². The number of amides is 1. The van der Waals surface area contributed by atoms with Gasteiger partial charge in [0.25, 0.3) is 0 Å². The van der Waals surface area contributed by atoms with Gasteiger partial charge in [-0.15, -0.1) is 11.8 Å². The third kappa shape index (κ3) is 6.95. The maximum Gasteiger partial charge on any atom is 0.223 e. The van der Waals surface area contributed by atoms with Crippen molar-refractivity contribution in [3.8, 4) is 11.8 Å². The lowest BCUT2D eigenvalue weighted by molar-refractivity contribution is -0.129. The smallest absolute Gasteiger partial charge is 0.223 e. The zero-order chi connectivity index (χ0) is 11.7. The molecular weight excluding hydrogens is 190 g/mol. The van der Waals surface area contributed by atoms with Gasteiger partial charge in [0.2, 0.25) is 5.91 Å². The molecule has 3 N–H and O–H groups in total. The number of nitrogens with two attached hydrogens (primary N) is 1. The molecule has 0 saturated heterocycles. The second kappa shape index (κ2) is 8.27. The summed E-state index contributed by atoms with van der Waals surface area (Å²) >= 11 is 0. The van der Waals surface area contributed by atoms with Crippen molar-refractivity contribution in [1.82, 2.24) is 10.2 Å². The largest absolute Gasteiger partial charge is 0.349 e. The summed E-state index contributed by atoms with van der Waals surface area (Å²) in [6, 6.07) is 0.0542. The van der Waals surface area contributed by atoms with Gasteiger partial charge >= 0.3 is 0 Å². The number of hydrogen-bond acceptors (Lipinski definition) is 3. The highest BCUT2D eigenvalue weighted by molar-refractivity contribution is 5.76. The summed E-state index contributed by atoms with van der Waals surface area (Å²) in [5.41, 5.74) is 5.57. The van der Waals surface area contributed by atoms with Crippen LogP contribution >= 0.6 is 0 Å². The van der Waals surface area contributed by atoms with Gasteiger partial charge in [-0.05, 0) is 6.92 Å². The lowest BCUT2D eigenvalue weighted by Crippen LogP contribution is -2.40. The summed E-state index contributed by atoms with van der Waals surface area (Å²) in [7, 11) is 3.50. The van der Waals surface area contributed by atoms with Gasteiger partial charge in [0.1, 0.15) is 0 Å². The maximum atomic E-state index is 11.4. The minimum atomic E-state index is 0.0542. The quantitative estimate of drug-likeness (QED) is 0.472. The van der Waals surface area contributed by atoms with Gasteiger partial charge < -0.3 is 16.0 Å². The monoisotopic (exact) mass is 211 g/mol. The van der Waals surface area contributed by atoms with Crippen LogP contribution in [0.15, 0.2) is 0 Å². The van der Waals surface area contributed by atoms with Gasteiger partial charge in [0.15, 0.2) is 0 Å². The Morgan fingerprint density at radius 1 is 1.53 bits per heavy atom. The van der Waals surface area contributed by atoms with Crippen molar-refractivity contribution in [2.75, 3.05) is 27.2 Å². The van der Waals surface area contributed by atoms with Gasteiger partial charge in [0, 0.05) is 46.1 Å².